The Morgan fingerprint density at radius 1 is 0.929 bits per heavy atom. The lowest BCUT2D eigenvalue weighted by Crippen LogP contribution is -2.24. The number of hydrogen-bond donors (Lipinski definition) is 3. The van der Waals surface area contributed by atoms with Gasteiger partial charge in [-0.15, -0.1) is 0 Å². The van der Waals surface area contributed by atoms with Gasteiger partial charge < -0.3 is 16.8 Å². The van der Waals surface area contributed by atoms with E-state index < -0.39 is 0 Å². The van der Waals surface area contributed by atoms with Crippen LogP contribution in [0.5, 0.6) is 0 Å². The van der Waals surface area contributed by atoms with Crippen molar-refractivity contribution in [3.05, 3.63) is 0 Å². The normalized spacial score (nSPS) is 12.0. The Hall–Kier alpha value is -0.120. The second-order valence-electron chi connectivity index (χ2n) is 4.70. The lowest BCUT2D eigenvalue weighted by atomic mass is 9.83. The van der Waals surface area contributed by atoms with Crippen LogP contribution in [0.2, 0.25) is 0 Å². The highest BCUT2D eigenvalue weighted by Gasteiger charge is 2.15. The third kappa shape index (κ3) is 8.48. The standard InChI is InChI=1S/C11H27N3/c1-11(2,5-3-7-12)6-4-9-14-10-8-13/h14H,3-10,12-13H2,1-2H3. The van der Waals surface area contributed by atoms with Crippen LogP contribution >= 0.6 is 0 Å². The van der Waals surface area contributed by atoms with Crippen LogP contribution in [0.3, 0.4) is 0 Å². The monoisotopic (exact) mass is 201 g/mol. The van der Waals surface area contributed by atoms with Gasteiger partial charge in [0.05, 0.1) is 0 Å². The Morgan fingerprint density at radius 3 is 2.14 bits per heavy atom. The molecule has 0 radical (unpaired) electrons. The van der Waals surface area contributed by atoms with Gasteiger partial charge in [0, 0.05) is 13.1 Å². The van der Waals surface area contributed by atoms with Gasteiger partial charge in [0.25, 0.3) is 0 Å². The molecule has 0 aromatic carbocycles. The van der Waals surface area contributed by atoms with Gasteiger partial charge in [0.1, 0.15) is 0 Å². The molecule has 0 aromatic heterocycles. The molecule has 0 aliphatic heterocycles. The van der Waals surface area contributed by atoms with Gasteiger partial charge in [-0.3, -0.25) is 0 Å². The van der Waals surface area contributed by atoms with Crippen LogP contribution in [0.4, 0.5) is 0 Å². The Kier molecular flexibility index (Phi) is 8.14. The lowest BCUT2D eigenvalue weighted by molar-refractivity contribution is 0.291. The summed E-state index contributed by atoms with van der Waals surface area (Å²) in [6.07, 6.45) is 4.88. The highest BCUT2D eigenvalue weighted by molar-refractivity contribution is 4.69. The first kappa shape index (κ1) is 13.9. The molecule has 0 heterocycles. The van der Waals surface area contributed by atoms with E-state index in [-0.39, 0.29) is 0 Å². The van der Waals surface area contributed by atoms with Crippen molar-refractivity contribution in [1.29, 1.82) is 0 Å². The molecule has 0 aromatic rings. The van der Waals surface area contributed by atoms with Crippen LogP contribution in [0, 0.1) is 5.41 Å². The quantitative estimate of drug-likeness (QED) is 0.489. The zero-order valence-corrected chi connectivity index (χ0v) is 9.81. The summed E-state index contributed by atoms with van der Waals surface area (Å²) in [7, 11) is 0. The molecule has 0 spiro atoms. The minimum Gasteiger partial charge on any atom is -0.330 e. The molecule has 3 nitrogen and oxygen atoms in total. The number of rotatable bonds is 9. The summed E-state index contributed by atoms with van der Waals surface area (Å²) in [4.78, 5) is 0. The minimum atomic E-state index is 0.448. The molecule has 0 aliphatic rings. The van der Waals surface area contributed by atoms with Crippen LogP contribution in [-0.2, 0) is 0 Å². The number of hydrogen-bond acceptors (Lipinski definition) is 3. The fourth-order valence-corrected chi connectivity index (χ4v) is 1.62. The topological polar surface area (TPSA) is 64.1 Å². The predicted octanol–water partition coefficient (Wildman–Crippen LogP) is 1.08. The van der Waals surface area contributed by atoms with Crippen LogP contribution < -0.4 is 16.8 Å². The number of nitrogens with one attached hydrogen (secondary N) is 1. The second kappa shape index (κ2) is 8.21. The van der Waals surface area contributed by atoms with E-state index in [2.05, 4.69) is 19.2 Å². The predicted molar refractivity (Wildman–Crippen MR) is 63.2 cm³/mol. The molecule has 0 bridgehead atoms. The lowest BCUT2D eigenvalue weighted by Gasteiger charge is -2.24. The van der Waals surface area contributed by atoms with E-state index in [1.165, 1.54) is 19.3 Å². The van der Waals surface area contributed by atoms with Crippen molar-refractivity contribution < 1.29 is 0 Å². The molecule has 0 saturated heterocycles. The molecule has 0 saturated carbocycles. The van der Waals surface area contributed by atoms with Crippen LogP contribution in [-0.4, -0.2) is 26.2 Å². The van der Waals surface area contributed by atoms with Crippen molar-refractivity contribution in [3.8, 4) is 0 Å². The van der Waals surface area contributed by atoms with E-state index >= 15 is 0 Å². The van der Waals surface area contributed by atoms with Gasteiger partial charge in [0.15, 0.2) is 0 Å². The third-order valence-corrected chi connectivity index (χ3v) is 2.59. The van der Waals surface area contributed by atoms with Crippen molar-refractivity contribution in [1.82, 2.24) is 5.32 Å². The maximum absolute atomic E-state index is 5.50. The summed E-state index contributed by atoms with van der Waals surface area (Å²) >= 11 is 0. The van der Waals surface area contributed by atoms with E-state index in [1.54, 1.807) is 0 Å². The van der Waals surface area contributed by atoms with Crippen molar-refractivity contribution in [2.24, 2.45) is 16.9 Å². The van der Waals surface area contributed by atoms with Gasteiger partial charge in [0.2, 0.25) is 0 Å². The minimum absolute atomic E-state index is 0.448. The molecular weight excluding hydrogens is 174 g/mol. The Morgan fingerprint density at radius 2 is 1.57 bits per heavy atom. The molecule has 0 rings (SSSR count). The van der Waals surface area contributed by atoms with Crippen LogP contribution in [0.1, 0.15) is 39.5 Å². The van der Waals surface area contributed by atoms with Gasteiger partial charge in [-0.1, -0.05) is 13.8 Å². The van der Waals surface area contributed by atoms with Crippen molar-refractivity contribution in [2.75, 3.05) is 26.2 Å². The Bertz CT molecular complexity index is 124. The SMILES string of the molecule is CC(C)(CCCN)CCCNCCN. The van der Waals surface area contributed by atoms with Gasteiger partial charge in [-0.25, -0.2) is 0 Å². The molecule has 0 aliphatic carbocycles. The molecule has 0 fully saturated rings. The third-order valence-electron chi connectivity index (χ3n) is 2.59. The molecule has 5 N–H and O–H groups in total. The summed E-state index contributed by atoms with van der Waals surface area (Å²) < 4.78 is 0. The van der Waals surface area contributed by atoms with E-state index in [0.717, 1.165) is 32.6 Å². The fraction of sp³-hybridized carbons (Fsp3) is 1.00. The molecule has 0 amide bonds. The van der Waals surface area contributed by atoms with Gasteiger partial charge >= 0.3 is 0 Å². The first-order valence-corrected chi connectivity index (χ1v) is 5.73. The van der Waals surface area contributed by atoms with E-state index in [0.29, 0.717) is 5.41 Å². The number of nitrogens with two attached hydrogens (primary N) is 2. The van der Waals surface area contributed by atoms with E-state index in [9.17, 15) is 0 Å². The molecule has 86 valence electrons. The average Bonchev–Trinajstić information content (AvgIpc) is 2.15. The summed E-state index contributed by atoms with van der Waals surface area (Å²) in [5, 5.41) is 3.31. The molecular formula is C11H27N3. The highest BCUT2D eigenvalue weighted by Crippen LogP contribution is 2.27. The summed E-state index contributed by atoms with van der Waals surface area (Å²) in [6.45, 7) is 8.22. The Labute approximate surface area is 88.6 Å². The van der Waals surface area contributed by atoms with Crippen molar-refractivity contribution in [3.63, 3.8) is 0 Å². The smallest absolute Gasteiger partial charge is 0.00745 e. The van der Waals surface area contributed by atoms with Crippen LogP contribution in [0.25, 0.3) is 0 Å². The first-order valence-electron chi connectivity index (χ1n) is 5.73. The Balaban J connectivity index is 3.35. The van der Waals surface area contributed by atoms with Crippen LogP contribution in [0.15, 0.2) is 0 Å². The molecule has 0 unspecified atom stereocenters. The van der Waals surface area contributed by atoms with E-state index in [1.807, 2.05) is 0 Å². The molecule has 0 atom stereocenters. The zero-order chi connectivity index (χ0) is 10.9. The largest absolute Gasteiger partial charge is 0.330 e. The molecule has 14 heavy (non-hydrogen) atoms. The first-order chi connectivity index (χ1) is 6.62. The summed E-state index contributed by atoms with van der Waals surface area (Å²) in [6, 6.07) is 0. The maximum Gasteiger partial charge on any atom is 0.00745 e. The fourth-order valence-electron chi connectivity index (χ4n) is 1.62. The maximum atomic E-state index is 5.50. The second-order valence-corrected chi connectivity index (χ2v) is 4.70. The highest BCUT2D eigenvalue weighted by atomic mass is 14.9. The van der Waals surface area contributed by atoms with Gasteiger partial charge in [-0.2, -0.15) is 0 Å². The summed E-state index contributed by atoms with van der Waals surface area (Å²) in [5.74, 6) is 0. The average molecular weight is 201 g/mol. The molecule has 3 heteroatoms. The van der Waals surface area contributed by atoms with Crippen molar-refractivity contribution in [2.45, 2.75) is 39.5 Å². The van der Waals surface area contributed by atoms with E-state index in [4.69, 9.17) is 11.5 Å². The van der Waals surface area contributed by atoms with Gasteiger partial charge in [-0.05, 0) is 44.2 Å². The zero-order valence-electron chi connectivity index (χ0n) is 9.81. The van der Waals surface area contributed by atoms with Crippen molar-refractivity contribution >= 4 is 0 Å². The summed E-state index contributed by atoms with van der Waals surface area (Å²) in [5.41, 5.74) is 11.3.